The van der Waals surface area contributed by atoms with Crippen LogP contribution in [0.5, 0.6) is 0 Å². The molecule has 1 aromatic carbocycles. The van der Waals surface area contributed by atoms with E-state index in [2.05, 4.69) is 33.0 Å². The molecule has 0 bridgehead atoms. The van der Waals surface area contributed by atoms with Crippen LogP contribution < -0.4 is 4.90 Å². The van der Waals surface area contributed by atoms with Gasteiger partial charge in [-0.05, 0) is 46.1 Å². The van der Waals surface area contributed by atoms with Crippen molar-refractivity contribution in [3.05, 3.63) is 39.9 Å². The lowest BCUT2D eigenvalue weighted by atomic mass is 10.1. The summed E-state index contributed by atoms with van der Waals surface area (Å²) in [5, 5.41) is 8.90. The molecule has 1 heterocycles. The van der Waals surface area contributed by atoms with Crippen LogP contribution >= 0.6 is 15.9 Å². The quantitative estimate of drug-likeness (QED) is 0.805. The molecule has 0 saturated carbocycles. The van der Waals surface area contributed by atoms with Crippen molar-refractivity contribution in [1.29, 1.82) is 5.26 Å². The molecule has 0 spiro atoms. The maximum absolute atomic E-state index is 8.90. The number of rotatable bonds is 3. The van der Waals surface area contributed by atoms with Crippen molar-refractivity contribution in [2.75, 3.05) is 31.7 Å². The summed E-state index contributed by atoms with van der Waals surface area (Å²) < 4.78 is 6.00. The summed E-state index contributed by atoms with van der Waals surface area (Å²) in [5.74, 6) is 0. The Hall–Kier alpha value is -1.31. The van der Waals surface area contributed by atoms with E-state index in [-0.39, 0.29) is 0 Å². The second kappa shape index (κ2) is 6.03. The standard InChI is InChI=1S/C14H15BrN2O/c1-18-10-11-4-6-17(7-5-11)13-3-2-12(9-16)14(15)8-13/h2-4,8H,5-7,10H2,1H3. The van der Waals surface area contributed by atoms with E-state index in [0.29, 0.717) is 5.56 Å². The summed E-state index contributed by atoms with van der Waals surface area (Å²) in [5.41, 5.74) is 3.18. The van der Waals surface area contributed by atoms with Gasteiger partial charge in [0.1, 0.15) is 6.07 Å². The van der Waals surface area contributed by atoms with Gasteiger partial charge in [-0.1, -0.05) is 6.08 Å². The first kappa shape index (κ1) is 13.1. The Morgan fingerprint density at radius 2 is 2.33 bits per heavy atom. The van der Waals surface area contributed by atoms with Gasteiger partial charge in [0.25, 0.3) is 0 Å². The van der Waals surface area contributed by atoms with E-state index in [1.165, 1.54) is 5.57 Å². The van der Waals surface area contributed by atoms with Crippen LogP contribution in [-0.2, 0) is 4.74 Å². The molecule has 0 radical (unpaired) electrons. The van der Waals surface area contributed by atoms with E-state index < -0.39 is 0 Å². The number of methoxy groups -OCH3 is 1. The molecule has 0 saturated heterocycles. The first-order chi connectivity index (χ1) is 8.74. The molecule has 0 aliphatic carbocycles. The smallest absolute Gasteiger partial charge is 0.100 e. The first-order valence-electron chi connectivity index (χ1n) is 5.86. The molecule has 0 unspecified atom stereocenters. The third-order valence-electron chi connectivity index (χ3n) is 3.07. The van der Waals surface area contributed by atoms with Gasteiger partial charge in [-0.2, -0.15) is 5.26 Å². The van der Waals surface area contributed by atoms with Crippen molar-refractivity contribution in [3.63, 3.8) is 0 Å². The fourth-order valence-electron chi connectivity index (χ4n) is 2.05. The highest BCUT2D eigenvalue weighted by Gasteiger charge is 2.13. The Bertz CT molecular complexity index is 505. The van der Waals surface area contributed by atoms with E-state index in [9.17, 15) is 0 Å². The van der Waals surface area contributed by atoms with Crippen molar-refractivity contribution in [2.24, 2.45) is 0 Å². The highest BCUT2D eigenvalue weighted by Crippen LogP contribution is 2.25. The molecule has 0 aromatic heterocycles. The highest BCUT2D eigenvalue weighted by atomic mass is 79.9. The number of halogens is 1. The number of anilines is 1. The fourth-order valence-corrected chi connectivity index (χ4v) is 2.51. The predicted molar refractivity (Wildman–Crippen MR) is 75.6 cm³/mol. The number of hydrogen-bond donors (Lipinski definition) is 0. The Kier molecular flexibility index (Phi) is 4.40. The maximum atomic E-state index is 8.90. The summed E-state index contributed by atoms with van der Waals surface area (Å²) in [6.07, 6.45) is 3.25. The second-order valence-corrected chi connectivity index (χ2v) is 5.12. The summed E-state index contributed by atoms with van der Waals surface area (Å²) in [6.45, 7) is 2.62. The molecule has 1 aromatic rings. The molecule has 4 heteroatoms. The summed E-state index contributed by atoms with van der Waals surface area (Å²) in [6, 6.07) is 8.02. The zero-order chi connectivity index (χ0) is 13.0. The molecular weight excluding hydrogens is 292 g/mol. The number of nitriles is 1. The molecule has 1 aliphatic rings. The normalized spacial score (nSPS) is 15.2. The van der Waals surface area contributed by atoms with Gasteiger partial charge in [0.05, 0.1) is 12.2 Å². The van der Waals surface area contributed by atoms with Crippen molar-refractivity contribution in [3.8, 4) is 6.07 Å². The summed E-state index contributed by atoms with van der Waals surface area (Å²) >= 11 is 3.43. The van der Waals surface area contributed by atoms with Crippen molar-refractivity contribution < 1.29 is 4.74 Å². The van der Waals surface area contributed by atoms with Gasteiger partial charge < -0.3 is 9.64 Å². The van der Waals surface area contributed by atoms with Gasteiger partial charge in [0.2, 0.25) is 0 Å². The zero-order valence-electron chi connectivity index (χ0n) is 10.3. The summed E-state index contributed by atoms with van der Waals surface area (Å²) in [7, 11) is 1.73. The predicted octanol–water partition coefficient (Wildman–Crippen LogP) is 3.10. The molecule has 94 valence electrons. The molecule has 2 rings (SSSR count). The van der Waals surface area contributed by atoms with E-state index in [1.54, 1.807) is 7.11 Å². The lowest BCUT2D eigenvalue weighted by Crippen LogP contribution is -2.29. The molecular formula is C14H15BrN2O. The van der Waals surface area contributed by atoms with Crippen molar-refractivity contribution in [2.45, 2.75) is 6.42 Å². The highest BCUT2D eigenvalue weighted by molar-refractivity contribution is 9.10. The average Bonchev–Trinajstić information content (AvgIpc) is 2.40. The second-order valence-electron chi connectivity index (χ2n) is 4.27. The van der Waals surface area contributed by atoms with Crippen LogP contribution in [-0.4, -0.2) is 26.8 Å². The minimum atomic E-state index is 0.673. The monoisotopic (exact) mass is 306 g/mol. The summed E-state index contributed by atoms with van der Waals surface area (Å²) in [4.78, 5) is 2.30. The zero-order valence-corrected chi connectivity index (χ0v) is 11.9. The van der Waals surface area contributed by atoms with Crippen LogP contribution in [0.4, 0.5) is 5.69 Å². The molecule has 0 fully saturated rings. The van der Waals surface area contributed by atoms with E-state index >= 15 is 0 Å². The Morgan fingerprint density at radius 3 is 2.89 bits per heavy atom. The Morgan fingerprint density at radius 1 is 1.50 bits per heavy atom. The van der Waals surface area contributed by atoms with Crippen LogP contribution in [0.2, 0.25) is 0 Å². The van der Waals surface area contributed by atoms with E-state index in [1.807, 2.05) is 18.2 Å². The number of ether oxygens (including phenoxy) is 1. The van der Waals surface area contributed by atoms with Gasteiger partial charge in [0.15, 0.2) is 0 Å². The lowest BCUT2D eigenvalue weighted by molar-refractivity contribution is 0.222. The third-order valence-corrected chi connectivity index (χ3v) is 3.73. The molecule has 0 amide bonds. The largest absolute Gasteiger partial charge is 0.380 e. The van der Waals surface area contributed by atoms with Crippen LogP contribution in [0.25, 0.3) is 0 Å². The topological polar surface area (TPSA) is 36.3 Å². The average molecular weight is 307 g/mol. The third kappa shape index (κ3) is 2.92. The van der Waals surface area contributed by atoms with Gasteiger partial charge in [0, 0.05) is 30.4 Å². The van der Waals surface area contributed by atoms with E-state index in [0.717, 1.165) is 36.3 Å². The molecule has 0 atom stereocenters. The number of hydrogen-bond acceptors (Lipinski definition) is 3. The van der Waals surface area contributed by atoms with Crippen molar-refractivity contribution >= 4 is 21.6 Å². The van der Waals surface area contributed by atoms with Crippen LogP contribution in [0.3, 0.4) is 0 Å². The van der Waals surface area contributed by atoms with Gasteiger partial charge in [-0.25, -0.2) is 0 Å². The van der Waals surface area contributed by atoms with Crippen molar-refractivity contribution in [1.82, 2.24) is 0 Å². The van der Waals surface area contributed by atoms with Crippen LogP contribution in [0.1, 0.15) is 12.0 Å². The minimum absolute atomic E-state index is 0.673. The number of nitrogens with zero attached hydrogens (tertiary/aromatic N) is 2. The van der Waals surface area contributed by atoms with Crippen LogP contribution in [0, 0.1) is 11.3 Å². The maximum Gasteiger partial charge on any atom is 0.100 e. The molecule has 0 N–H and O–H groups in total. The van der Waals surface area contributed by atoms with Gasteiger partial charge in [-0.15, -0.1) is 0 Å². The Labute approximate surface area is 116 Å². The molecule has 1 aliphatic heterocycles. The van der Waals surface area contributed by atoms with Gasteiger partial charge >= 0.3 is 0 Å². The molecule has 3 nitrogen and oxygen atoms in total. The SMILES string of the molecule is COCC1=CCN(c2ccc(C#N)c(Br)c2)CC1. The Balaban J connectivity index is 2.10. The van der Waals surface area contributed by atoms with Crippen LogP contribution in [0.15, 0.2) is 34.3 Å². The van der Waals surface area contributed by atoms with Gasteiger partial charge in [-0.3, -0.25) is 0 Å². The van der Waals surface area contributed by atoms with E-state index in [4.69, 9.17) is 10.00 Å². The minimum Gasteiger partial charge on any atom is -0.380 e. The lowest BCUT2D eigenvalue weighted by Gasteiger charge is -2.28. The fraction of sp³-hybridized carbons (Fsp3) is 0.357. The molecule has 18 heavy (non-hydrogen) atoms. The first-order valence-corrected chi connectivity index (χ1v) is 6.65. The number of benzene rings is 1.